The normalized spacial score (nSPS) is 11.9. The molecule has 3 rings (SSSR count). The van der Waals surface area contributed by atoms with Crippen LogP contribution in [0.4, 0.5) is 13.2 Å². The molecule has 2 aromatic carbocycles. The number of rotatable bonds is 7. The Kier molecular flexibility index (Phi) is 6.22. The third kappa shape index (κ3) is 5.35. The van der Waals surface area contributed by atoms with E-state index in [4.69, 9.17) is 4.52 Å². The number of benzene rings is 2. The lowest BCUT2D eigenvalue weighted by Crippen LogP contribution is -2.37. The minimum atomic E-state index is -4.42. The Morgan fingerprint density at radius 1 is 1.07 bits per heavy atom. The summed E-state index contributed by atoms with van der Waals surface area (Å²) in [7, 11) is 3.75. The zero-order valence-corrected chi connectivity index (χ0v) is 16.2. The Labute approximate surface area is 166 Å². The van der Waals surface area contributed by atoms with E-state index in [1.807, 2.05) is 37.2 Å². The smallest absolute Gasteiger partial charge is 0.356 e. The Hall–Kier alpha value is -2.87. The largest absolute Gasteiger partial charge is 0.416 e. The SMILES string of the molecule is CN(C)CCN(Cc1cccc(C(F)(F)F)c1)C(=O)Cc1noc2ccccc12. The van der Waals surface area contributed by atoms with Crippen LogP contribution < -0.4 is 0 Å². The lowest BCUT2D eigenvalue weighted by Gasteiger charge is -2.25. The first kappa shape index (κ1) is 20.9. The predicted octanol–water partition coefficient (Wildman–Crippen LogP) is 3.98. The molecule has 0 N–H and O–H groups in total. The maximum absolute atomic E-state index is 13.0. The van der Waals surface area contributed by atoms with Gasteiger partial charge in [0.05, 0.1) is 12.0 Å². The number of likely N-dealkylation sites (N-methyl/N-ethyl adjacent to an activating group) is 1. The van der Waals surface area contributed by atoms with Crippen LogP contribution in [0.2, 0.25) is 0 Å². The maximum Gasteiger partial charge on any atom is 0.416 e. The van der Waals surface area contributed by atoms with Gasteiger partial charge in [-0.1, -0.05) is 29.4 Å². The average molecular weight is 405 g/mol. The fourth-order valence-corrected chi connectivity index (χ4v) is 3.00. The molecular weight excluding hydrogens is 383 g/mol. The molecule has 1 amide bonds. The van der Waals surface area contributed by atoms with Crippen LogP contribution in [0.5, 0.6) is 0 Å². The van der Waals surface area contributed by atoms with E-state index in [1.54, 1.807) is 17.0 Å². The van der Waals surface area contributed by atoms with Crippen LogP contribution in [0.25, 0.3) is 11.0 Å². The molecule has 1 aromatic heterocycles. The predicted molar refractivity (Wildman–Crippen MR) is 103 cm³/mol. The number of halogens is 3. The van der Waals surface area contributed by atoms with E-state index in [0.29, 0.717) is 29.9 Å². The molecule has 0 aliphatic heterocycles. The van der Waals surface area contributed by atoms with Crippen LogP contribution in [0.3, 0.4) is 0 Å². The van der Waals surface area contributed by atoms with Gasteiger partial charge >= 0.3 is 6.18 Å². The van der Waals surface area contributed by atoms with Crippen LogP contribution in [-0.4, -0.2) is 48.0 Å². The van der Waals surface area contributed by atoms with Gasteiger partial charge in [-0.25, -0.2) is 0 Å². The molecule has 0 fully saturated rings. The second kappa shape index (κ2) is 8.65. The fourth-order valence-electron chi connectivity index (χ4n) is 3.00. The highest BCUT2D eigenvalue weighted by Gasteiger charge is 2.30. The molecule has 0 bridgehead atoms. The second-order valence-corrected chi connectivity index (χ2v) is 7.12. The van der Waals surface area contributed by atoms with Crippen molar-refractivity contribution < 1.29 is 22.5 Å². The van der Waals surface area contributed by atoms with Gasteiger partial charge < -0.3 is 14.3 Å². The monoisotopic (exact) mass is 405 g/mol. The Bertz CT molecular complexity index is 982. The number of aromatic nitrogens is 1. The summed E-state index contributed by atoms with van der Waals surface area (Å²) in [4.78, 5) is 16.4. The number of fused-ring (bicyclic) bond motifs is 1. The number of alkyl halides is 3. The van der Waals surface area contributed by atoms with Crippen molar-refractivity contribution in [3.8, 4) is 0 Å². The Morgan fingerprint density at radius 2 is 1.83 bits per heavy atom. The topological polar surface area (TPSA) is 49.6 Å². The highest BCUT2D eigenvalue weighted by atomic mass is 19.4. The number of amides is 1. The van der Waals surface area contributed by atoms with E-state index in [0.717, 1.165) is 17.5 Å². The van der Waals surface area contributed by atoms with E-state index in [9.17, 15) is 18.0 Å². The lowest BCUT2D eigenvalue weighted by atomic mass is 10.1. The van der Waals surface area contributed by atoms with Gasteiger partial charge in [-0.15, -0.1) is 0 Å². The highest BCUT2D eigenvalue weighted by molar-refractivity contribution is 5.86. The van der Waals surface area contributed by atoms with Gasteiger partial charge in [0.1, 0.15) is 5.69 Å². The third-order valence-corrected chi connectivity index (χ3v) is 4.57. The van der Waals surface area contributed by atoms with E-state index in [1.165, 1.54) is 6.07 Å². The van der Waals surface area contributed by atoms with Crippen LogP contribution in [0.15, 0.2) is 53.1 Å². The minimum absolute atomic E-state index is 0.0173. The molecule has 0 atom stereocenters. The Morgan fingerprint density at radius 3 is 2.55 bits per heavy atom. The molecule has 8 heteroatoms. The number of hydrogen-bond acceptors (Lipinski definition) is 4. The number of nitrogens with zero attached hydrogens (tertiary/aromatic N) is 3. The summed E-state index contributed by atoms with van der Waals surface area (Å²) in [5.74, 6) is -0.219. The average Bonchev–Trinajstić information content (AvgIpc) is 3.07. The summed E-state index contributed by atoms with van der Waals surface area (Å²) >= 11 is 0. The van der Waals surface area contributed by atoms with Crippen LogP contribution in [0.1, 0.15) is 16.8 Å². The number of hydrogen-bond donors (Lipinski definition) is 0. The van der Waals surface area contributed by atoms with Gasteiger partial charge in [0, 0.05) is 25.0 Å². The number of para-hydroxylation sites is 1. The summed E-state index contributed by atoms with van der Waals surface area (Å²) in [5, 5.41) is 4.74. The van der Waals surface area contributed by atoms with Gasteiger partial charge in [-0.2, -0.15) is 13.2 Å². The first-order chi connectivity index (χ1) is 13.7. The van der Waals surface area contributed by atoms with Crippen molar-refractivity contribution >= 4 is 16.9 Å². The summed E-state index contributed by atoms with van der Waals surface area (Å²) in [5.41, 5.74) is 0.812. The van der Waals surface area contributed by atoms with E-state index in [-0.39, 0.29) is 18.9 Å². The zero-order chi connectivity index (χ0) is 21.0. The molecule has 5 nitrogen and oxygen atoms in total. The standard InChI is InChI=1S/C21H22F3N3O2/c1-26(2)10-11-27(14-15-6-5-7-16(12-15)21(22,23)24)20(28)13-18-17-8-3-4-9-19(17)29-25-18/h3-9,12H,10-11,13-14H2,1-2H3. The van der Waals surface area contributed by atoms with Crippen LogP contribution in [-0.2, 0) is 23.9 Å². The quantitative estimate of drug-likeness (QED) is 0.597. The van der Waals surface area contributed by atoms with Crippen molar-refractivity contribution in [1.29, 1.82) is 0 Å². The van der Waals surface area contributed by atoms with Gasteiger partial charge in [-0.3, -0.25) is 4.79 Å². The summed E-state index contributed by atoms with van der Waals surface area (Å²) in [6, 6.07) is 12.3. The van der Waals surface area contributed by atoms with E-state index in [2.05, 4.69) is 5.16 Å². The Balaban J connectivity index is 1.80. The van der Waals surface area contributed by atoms with E-state index >= 15 is 0 Å². The number of carbonyl (C=O) groups excluding carboxylic acids is 1. The molecule has 0 unspecified atom stereocenters. The molecule has 0 aliphatic carbocycles. The molecule has 0 aliphatic rings. The second-order valence-electron chi connectivity index (χ2n) is 7.12. The van der Waals surface area contributed by atoms with Crippen molar-refractivity contribution in [2.75, 3.05) is 27.2 Å². The molecule has 1 heterocycles. The summed E-state index contributed by atoms with van der Waals surface area (Å²) in [6.07, 6.45) is -4.41. The van der Waals surface area contributed by atoms with Crippen molar-refractivity contribution in [3.63, 3.8) is 0 Å². The van der Waals surface area contributed by atoms with Crippen LogP contribution >= 0.6 is 0 Å². The van der Waals surface area contributed by atoms with Crippen molar-refractivity contribution in [2.24, 2.45) is 0 Å². The van der Waals surface area contributed by atoms with Crippen molar-refractivity contribution in [3.05, 3.63) is 65.4 Å². The fraction of sp³-hybridized carbons (Fsp3) is 0.333. The molecular formula is C21H22F3N3O2. The van der Waals surface area contributed by atoms with Gasteiger partial charge in [0.15, 0.2) is 5.58 Å². The molecule has 0 saturated heterocycles. The lowest BCUT2D eigenvalue weighted by molar-refractivity contribution is -0.137. The van der Waals surface area contributed by atoms with Crippen molar-refractivity contribution in [2.45, 2.75) is 19.1 Å². The number of carbonyl (C=O) groups is 1. The third-order valence-electron chi connectivity index (χ3n) is 4.57. The summed E-state index contributed by atoms with van der Waals surface area (Å²) in [6.45, 7) is 1.06. The highest BCUT2D eigenvalue weighted by Crippen LogP contribution is 2.30. The molecule has 0 spiro atoms. The first-order valence-electron chi connectivity index (χ1n) is 9.16. The molecule has 3 aromatic rings. The zero-order valence-electron chi connectivity index (χ0n) is 16.2. The molecule has 0 radical (unpaired) electrons. The minimum Gasteiger partial charge on any atom is -0.356 e. The maximum atomic E-state index is 13.0. The van der Waals surface area contributed by atoms with Gasteiger partial charge in [0.25, 0.3) is 0 Å². The van der Waals surface area contributed by atoms with Crippen molar-refractivity contribution in [1.82, 2.24) is 15.0 Å². The van der Waals surface area contributed by atoms with Gasteiger partial charge in [-0.05, 0) is 43.9 Å². The molecule has 0 saturated carbocycles. The van der Waals surface area contributed by atoms with Crippen LogP contribution in [0, 0.1) is 0 Å². The summed E-state index contributed by atoms with van der Waals surface area (Å²) < 4.78 is 44.3. The first-order valence-corrected chi connectivity index (χ1v) is 9.16. The van der Waals surface area contributed by atoms with E-state index < -0.39 is 11.7 Å². The molecule has 154 valence electrons. The molecule has 29 heavy (non-hydrogen) atoms. The van der Waals surface area contributed by atoms with Gasteiger partial charge in [0.2, 0.25) is 5.91 Å².